The van der Waals surface area contributed by atoms with E-state index in [0.29, 0.717) is 12.1 Å². The lowest BCUT2D eigenvalue weighted by atomic mass is 10.2. The second kappa shape index (κ2) is 6.05. The molecule has 0 N–H and O–H groups in total. The van der Waals surface area contributed by atoms with Crippen molar-refractivity contribution in [1.82, 2.24) is 9.13 Å². The Bertz CT molecular complexity index is 737. The number of aryl methyl sites for hydroxylation is 1. The second-order valence-electron chi connectivity index (χ2n) is 4.46. The fourth-order valence-electron chi connectivity index (χ4n) is 1.93. The Morgan fingerprint density at radius 2 is 2.00 bits per heavy atom. The van der Waals surface area contributed by atoms with E-state index in [1.54, 1.807) is 0 Å². The van der Waals surface area contributed by atoms with Gasteiger partial charge in [-0.15, -0.1) is 0 Å². The van der Waals surface area contributed by atoms with Crippen molar-refractivity contribution in [3.05, 3.63) is 67.7 Å². The molecule has 1 heterocycles. The van der Waals surface area contributed by atoms with E-state index in [1.165, 1.54) is 35.0 Å². The molecule has 0 saturated heterocycles. The van der Waals surface area contributed by atoms with Gasteiger partial charge in [-0.25, -0.2) is 9.18 Å². The molecule has 0 atom stereocenters. The van der Waals surface area contributed by atoms with Gasteiger partial charge in [-0.2, -0.15) is 0 Å². The smallest absolute Gasteiger partial charge is 0.300 e. The van der Waals surface area contributed by atoms with Crippen LogP contribution in [0.2, 0.25) is 5.02 Å². The molecule has 0 bridgehead atoms. The molecule has 0 fully saturated rings. The van der Waals surface area contributed by atoms with Gasteiger partial charge in [0.25, 0.3) is 5.56 Å². The monoisotopic (exact) mass is 296 g/mol. The third-order valence-electron chi connectivity index (χ3n) is 2.93. The van der Waals surface area contributed by atoms with Crippen LogP contribution in [0.1, 0.15) is 18.9 Å². The molecule has 0 spiro atoms. The molecule has 0 amide bonds. The molecular weight excluding hydrogens is 283 g/mol. The maximum absolute atomic E-state index is 13.1. The summed E-state index contributed by atoms with van der Waals surface area (Å²) in [5.74, 6) is -0.529. The largest absolute Gasteiger partial charge is 0.331 e. The molecule has 6 heteroatoms. The number of benzene rings is 1. The normalized spacial score (nSPS) is 10.8. The van der Waals surface area contributed by atoms with Crippen LogP contribution in [0.5, 0.6) is 0 Å². The van der Waals surface area contributed by atoms with Gasteiger partial charge < -0.3 is 4.57 Å². The molecule has 106 valence electrons. The first kappa shape index (κ1) is 14.5. The van der Waals surface area contributed by atoms with E-state index >= 15 is 0 Å². The molecule has 1 aromatic carbocycles. The van der Waals surface area contributed by atoms with E-state index in [1.807, 2.05) is 6.92 Å². The van der Waals surface area contributed by atoms with Gasteiger partial charge in [-0.05, 0) is 24.1 Å². The maximum Gasteiger partial charge on any atom is 0.331 e. The number of halogens is 2. The Hall–Kier alpha value is -1.88. The van der Waals surface area contributed by atoms with Crippen LogP contribution in [0, 0.1) is 5.82 Å². The molecular formula is C14H14ClFN2O2. The summed E-state index contributed by atoms with van der Waals surface area (Å²) in [4.78, 5) is 24.0. The van der Waals surface area contributed by atoms with Crippen molar-refractivity contribution in [3.8, 4) is 0 Å². The van der Waals surface area contributed by atoms with Crippen molar-refractivity contribution < 1.29 is 4.39 Å². The number of hydrogen-bond donors (Lipinski definition) is 0. The predicted molar refractivity (Wildman–Crippen MR) is 75.8 cm³/mol. The zero-order chi connectivity index (χ0) is 14.7. The quantitative estimate of drug-likeness (QED) is 0.868. The van der Waals surface area contributed by atoms with Crippen molar-refractivity contribution in [2.24, 2.45) is 0 Å². The average Bonchev–Trinajstić information content (AvgIpc) is 2.42. The van der Waals surface area contributed by atoms with Gasteiger partial charge in [0.15, 0.2) is 0 Å². The fraction of sp³-hybridized carbons (Fsp3) is 0.286. The third-order valence-corrected chi connectivity index (χ3v) is 3.22. The molecule has 0 aliphatic heterocycles. The summed E-state index contributed by atoms with van der Waals surface area (Å²) < 4.78 is 15.7. The van der Waals surface area contributed by atoms with Gasteiger partial charge in [0.2, 0.25) is 0 Å². The van der Waals surface area contributed by atoms with Crippen molar-refractivity contribution >= 4 is 11.6 Å². The van der Waals surface area contributed by atoms with Gasteiger partial charge in [0.1, 0.15) is 5.82 Å². The molecule has 0 radical (unpaired) electrons. The number of rotatable bonds is 4. The van der Waals surface area contributed by atoms with Crippen LogP contribution in [-0.4, -0.2) is 9.13 Å². The minimum atomic E-state index is -0.529. The molecule has 1 aromatic heterocycles. The first-order valence-electron chi connectivity index (χ1n) is 6.27. The van der Waals surface area contributed by atoms with Crippen molar-refractivity contribution in [2.45, 2.75) is 26.4 Å². The highest BCUT2D eigenvalue weighted by Gasteiger charge is 2.07. The Kier molecular flexibility index (Phi) is 4.39. The van der Waals surface area contributed by atoms with Crippen LogP contribution in [-0.2, 0) is 13.1 Å². The second-order valence-corrected chi connectivity index (χ2v) is 4.87. The maximum atomic E-state index is 13.1. The van der Waals surface area contributed by atoms with E-state index in [9.17, 15) is 14.0 Å². The van der Waals surface area contributed by atoms with Gasteiger partial charge in [-0.3, -0.25) is 9.36 Å². The van der Waals surface area contributed by atoms with Crippen LogP contribution < -0.4 is 11.2 Å². The highest BCUT2D eigenvalue weighted by molar-refractivity contribution is 6.30. The summed E-state index contributed by atoms with van der Waals surface area (Å²) in [5, 5.41) is -0.0274. The molecule has 20 heavy (non-hydrogen) atoms. The number of aromatic nitrogens is 2. The van der Waals surface area contributed by atoms with Gasteiger partial charge >= 0.3 is 5.69 Å². The van der Waals surface area contributed by atoms with Gasteiger partial charge in [0, 0.05) is 18.8 Å². The fourth-order valence-corrected chi connectivity index (χ4v) is 2.14. The van der Waals surface area contributed by atoms with Crippen molar-refractivity contribution in [1.29, 1.82) is 0 Å². The van der Waals surface area contributed by atoms with Crippen molar-refractivity contribution in [3.63, 3.8) is 0 Å². The first-order valence-corrected chi connectivity index (χ1v) is 6.65. The highest BCUT2D eigenvalue weighted by atomic mass is 35.5. The van der Waals surface area contributed by atoms with E-state index in [4.69, 9.17) is 11.6 Å². The topological polar surface area (TPSA) is 44.0 Å². The SMILES string of the molecule is CCCn1ccc(=O)n(Cc2ccc(F)c(Cl)c2)c1=O. The Morgan fingerprint density at radius 1 is 1.25 bits per heavy atom. The van der Waals surface area contributed by atoms with Crippen LogP contribution >= 0.6 is 11.6 Å². The minimum Gasteiger partial charge on any atom is -0.300 e. The summed E-state index contributed by atoms with van der Waals surface area (Å²) in [5.41, 5.74) is -0.160. The molecule has 0 saturated carbocycles. The van der Waals surface area contributed by atoms with E-state index in [0.717, 1.165) is 11.0 Å². The summed E-state index contributed by atoms with van der Waals surface area (Å²) in [6.45, 7) is 2.56. The van der Waals surface area contributed by atoms with Crippen LogP contribution in [0.25, 0.3) is 0 Å². The van der Waals surface area contributed by atoms with Gasteiger partial charge in [-0.1, -0.05) is 24.6 Å². The average molecular weight is 297 g/mol. The van der Waals surface area contributed by atoms with Gasteiger partial charge in [0.05, 0.1) is 11.6 Å². The minimum absolute atomic E-state index is 0.0274. The summed E-state index contributed by atoms with van der Waals surface area (Å²) in [6, 6.07) is 5.49. The molecule has 0 unspecified atom stereocenters. The lowest BCUT2D eigenvalue weighted by Gasteiger charge is -2.09. The standard InChI is InChI=1S/C14H14ClFN2O2/c1-2-6-17-7-5-13(19)18(14(17)20)9-10-3-4-12(16)11(15)8-10/h3-5,7-8H,2,6,9H2,1H3. The Balaban J connectivity index is 2.42. The molecule has 0 aliphatic carbocycles. The molecule has 4 nitrogen and oxygen atoms in total. The third kappa shape index (κ3) is 2.99. The number of hydrogen-bond acceptors (Lipinski definition) is 2. The highest BCUT2D eigenvalue weighted by Crippen LogP contribution is 2.16. The Labute approximate surface area is 120 Å². The zero-order valence-electron chi connectivity index (χ0n) is 11.0. The lowest BCUT2D eigenvalue weighted by molar-refractivity contribution is 0.570. The summed E-state index contributed by atoms with van der Waals surface area (Å²) >= 11 is 5.69. The van der Waals surface area contributed by atoms with E-state index in [-0.39, 0.29) is 22.8 Å². The predicted octanol–water partition coefficient (Wildman–Crippen LogP) is 2.26. The molecule has 0 aliphatic rings. The first-order chi connectivity index (χ1) is 9.52. The summed E-state index contributed by atoms with van der Waals surface area (Å²) in [7, 11) is 0. The molecule has 2 rings (SSSR count). The number of nitrogens with zero attached hydrogens (tertiary/aromatic N) is 2. The van der Waals surface area contributed by atoms with Crippen LogP contribution in [0.15, 0.2) is 40.1 Å². The lowest BCUT2D eigenvalue weighted by Crippen LogP contribution is -2.39. The van der Waals surface area contributed by atoms with E-state index in [2.05, 4.69) is 0 Å². The van der Waals surface area contributed by atoms with Crippen molar-refractivity contribution in [2.75, 3.05) is 0 Å². The summed E-state index contributed by atoms with van der Waals surface area (Å²) in [6.07, 6.45) is 2.28. The zero-order valence-corrected chi connectivity index (χ0v) is 11.7. The van der Waals surface area contributed by atoms with E-state index < -0.39 is 5.82 Å². The Morgan fingerprint density at radius 3 is 2.65 bits per heavy atom. The van der Waals surface area contributed by atoms with Crippen LogP contribution in [0.3, 0.4) is 0 Å². The molecule has 2 aromatic rings. The van der Waals surface area contributed by atoms with Crippen LogP contribution in [0.4, 0.5) is 4.39 Å².